The van der Waals surface area contributed by atoms with Gasteiger partial charge in [-0.15, -0.1) is 0 Å². The van der Waals surface area contributed by atoms with Gasteiger partial charge in [0.2, 0.25) is 0 Å². The van der Waals surface area contributed by atoms with Gasteiger partial charge in [0.1, 0.15) is 5.75 Å². The lowest BCUT2D eigenvalue weighted by Gasteiger charge is -2.32. The molecule has 2 aromatic rings. The Kier molecular flexibility index (Phi) is 8.87. The lowest BCUT2D eigenvalue weighted by molar-refractivity contribution is 0.0971. The van der Waals surface area contributed by atoms with Crippen molar-refractivity contribution in [2.75, 3.05) is 19.7 Å². The molecule has 1 saturated heterocycles. The number of amides is 1. The first-order valence-electron chi connectivity index (χ1n) is 10.7. The van der Waals surface area contributed by atoms with Gasteiger partial charge in [-0.2, -0.15) is 0 Å². The standard InChI is InChI=1S/C24H30BrN3O2S/c1-17(2)16-30-22-9-8-19(25)14-21(22)23(29)27-24(31)26-20-10-12-28(13-11-20)15-18-6-4-3-5-7-18/h3-9,14,17,20H,10-13,15-16H2,1-2H3,(H2,26,27,29,31). The number of hydrogen-bond acceptors (Lipinski definition) is 4. The first kappa shape index (κ1) is 23.7. The summed E-state index contributed by atoms with van der Waals surface area (Å²) in [6, 6.07) is 16.2. The van der Waals surface area contributed by atoms with Gasteiger partial charge in [-0.25, -0.2) is 0 Å². The van der Waals surface area contributed by atoms with Gasteiger partial charge < -0.3 is 10.1 Å². The van der Waals surface area contributed by atoms with E-state index in [0.29, 0.717) is 29.0 Å². The second kappa shape index (κ2) is 11.6. The highest BCUT2D eigenvalue weighted by Gasteiger charge is 2.21. The molecule has 1 amide bonds. The van der Waals surface area contributed by atoms with Crippen molar-refractivity contribution in [2.45, 2.75) is 39.3 Å². The maximum atomic E-state index is 12.8. The highest BCUT2D eigenvalue weighted by atomic mass is 79.9. The number of ether oxygens (including phenoxy) is 1. The van der Waals surface area contributed by atoms with Gasteiger partial charge in [0.15, 0.2) is 5.11 Å². The fraction of sp³-hybridized carbons (Fsp3) is 0.417. The molecule has 1 aliphatic rings. The van der Waals surface area contributed by atoms with Crippen LogP contribution in [0.3, 0.4) is 0 Å². The molecule has 0 bridgehead atoms. The van der Waals surface area contributed by atoms with E-state index in [4.69, 9.17) is 17.0 Å². The SMILES string of the molecule is CC(C)COc1ccc(Br)cc1C(=O)NC(=S)NC1CCN(Cc2ccccc2)CC1. The zero-order valence-electron chi connectivity index (χ0n) is 18.1. The summed E-state index contributed by atoms with van der Waals surface area (Å²) >= 11 is 8.85. The van der Waals surface area contributed by atoms with Crippen molar-refractivity contribution >= 4 is 39.2 Å². The molecule has 0 atom stereocenters. The minimum absolute atomic E-state index is 0.263. The molecule has 3 rings (SSSR count). The molecular formula is C24H30BrN3O2S. The molecular weight excluding hydrogens is 474 g/mol. The molecule has 0 spiro atoms. The zero-order valence-corrected chi connectivity index (χ0v) is 20.5. The summed E-state index contributed by atoms with van der Waals surface area (Å²) in [6.07, 6.45) is 1.98. The maximum Gasteiger partial charge on any atom is 0.261 e. The Morgan fingerprint density at radius 1 is 1.19 bits per heavy atom. The number of nitrogens with one attached hydrogen (secondary N) is 2. The van der Waals surface area contributed by atoms with Gasteiger partial charge >= 0.3 is 0 Å². The predicted molar refractivity (Wildman–Crippen MR) is 132 cm³/mol. The van der Waals surface area contributed by atoms with Gasteiger partial charge in [-0.05, 0) is 54.7 Å². The van der Waals surface area contributed by atoms with E-state index in [2.05, 4.69) is 69.6 Å². The molecule has 166 valence electrons. The van der Waals surface area contributed by atoms with Crippen molar-refractivity contribution in [2.24, 2.45) is 5.92 Å². The van der Waals surface area contributed by atoms with Crippen LogP contribution in [-0.2, 0) is 6.54 Å². The summed E-state index contributed by atoms with van der Waals surface area (Å²) in [4.78, 5) is 15.3. The second-order valence-corrected chi connectivity index (χ2v) is 9.63. The van der Waals surface area contributed by atoms with Crippen molar-refractivity contribution in [1.29, 1.82) is 0 Å². The smallest absolute Gasteiger partial charge is 0.261 e. The fourth-order valence-corrected chi connectivity index (χ4v) is 4.15. The minimum Gasteiger partial charge on any atom is -0.492 e. The number of carbonyl (C=O) groups is 1. The predicted octanol–water partition coefficient (Wildman–Crippen LogP) is 4.75. The summed E-state index contributed by atoms with van der Waals surface area (Å²) in [5.74, 6) is 0.667. The third kappa shape index (κ3) is 7.59. The van der Waals surface area contributed by atoms with Gasteiger partial charge in [0, 0.05) is 30.1 Å². The van der Waals surface area contributed by atoms with E-state index in [1.165, 1.54) is 5.56 Å². The van der Waals surface area contributed by atoms with Gasteiger partial charge in [0.25, 0.3) is 5.91 Å². The Labute approximate surface area is 198 Å². The highest BCUT2D eigenvalue weighted by Crippen LogP contribution is 2.24. The number of carbonyl (C=O) groups excluding carboxylic acids is 1. The number of piperidine rings is 1. The zero-order chi connectivity index (χ0) is 22.2. The molecule has 1 heterocycles. The lowest BCUT2D eigenvalue weighted by atomic mass is 10.0. The van der Waals surface area contributed by atoms with Crippen molar-refractivity contribution < 1.29 is 9.53 Å². The lowest BCUT2D eigenvalue weighted by Crippen LogP contribution is -2.48. The monoisotopic (exact) mass is 503 g/mol. The average Bonchev–Trinajstić information content (AvgIpc) is 2.74. The largest absolute Gasteiger partial charge is 0.492 e. The quantitative estimate of drug-likeness (QED) is 0.533. The van der Waals surface area contributed by atoms with Gasteiger partial charge in [0.05, 0.1) is 12.2 Å². The van der Waals surface area contributed by atoms with Crippen LogP contribution in [0.1, 0.15) is 42.6 Å². The normalized spacial score (nSPS) is 15.0. The molecule has 0 aromatic heterocycles. The third-order valence-corrected chi connectivity index (χ3v) is 5.87. The van der Waals surface area contributed by atoms with Crippen molar-refractivity contribution in [3.63, 3.8) is 0 Å². The van der Waals surface area contributed by atoms with Crippen LogP contribution in [0.25, 0.3) is 0 Å². The molecule has 1 aliphatic heterocycles. The first-order chi connectivity index (χ1) is 14.9. The summed E-state index contributed by atoms with van der Waals surface area (Å²) in [5, 5.41) is 6.49. The van der Waals surface area contributed by atoms with Crippen LogP contribution >= 0.6 is 28.1 Å². The Bertz CT molecular complexity index is 884. The first-order valence-corrected chi connectivity index (χ1v) is 11.9. The number of hydrogen-bond donors (Lipinski definition) is 2. The van der Waals surface area contributed by atoms with Crippen molar-refractivity contribution in [3.05, 3.63) is 64.1 Å². The topological polar surface area (TPSA) is 53.6 Å². The highest BCUT2D eigenvalue weighted by molar-refractivity contribution is 9.10. The number of rotatable bonds is 7. The molecule has 1 fully saturated rings. The molecule has 0 aliphatic carbocycles. The van der Waals surface area contributed by atoms with E-state index < -0.39 is 0 Å². The molecule has 31 heavy (non-hydrogen) atoms. The minimum atomic E-state index is -0.265. The third-order valence-electron chi connectivity index (χ3n) is 5.16. The molecule has 2 aromatic carbocycles. The fourth-order valence-electron chi connectivity index (χ4n) is 3.53. The number of benzene rings is 2. The summed E-state index contributed by atoms with van der Waals surface area (Å²) in [6.45, 7) is 7.67. The number of nitrogens with zero attached hydrogens (tertiary/aromatic N) is 1. The van der Waals surface area contributed by atoms with Crippen LogP contribution in [0, 0.1) is 5.92 Å². The molecule has 7 heteroatoms. The Balaban J connectivity index is 1.49. The van der Waals surface area contributed by atoms with E-state index >= 15 is 0 Å². The Hall–Kier alpha value is -1.96. The Morgan fingerprint density at radius 3 is 2.58 bits per heavy atom. The average molecular weight is 504 g/mol. The van der Waals surface area contributed by atoms with E-state index in [1.54, 1.807) is 12.1 Å². The van der Waals surface area contributed by atoms with Crippen LogP contribution < -0.4 is 15.4 Å². The number of thiocarbonyl (C=S) groups is 1. The number of halogens is 1. The van der Waals surface area contributed by atoms with E-state index in [1.807, 2.05) is 12.1 Å². The Morgan fingerprint density at radius 2 is 1.90 bits per heavy atom. The van der Waals surface area contributed by atoms with Gasteiger partial charge in [-0.3, -0.25) is 15.0 Å². The number of likely N-dealkylation sites (tertiary alicyclic amines) is 1. The molecule has 0 radical (unpaired) electrons. The van der Waals surface area contributed by atoms with Gasteiger partial charge in [-0.1, -0.05) is 60.1 Å². The van der Waals surface area contributed by atoms with E-state index in [-0.39, 0.29) is 11.9 Å². The molecule has 0 unspecified atom stereocenters. The second-order valence-electron chi connectivity index (χ2n) is 8.31. The van der Waals surface area contributed by atoms with Crippen LogP contribution in [0.4, 0.5) is 0 Å². The van der Waals surface area contributed by atoms with Crippen molar-refractivity contribution in [1.82, 2.24) is 15.5 Å². The van der Waals surface area contributed by atoms with E-state index in [9.17, 15) is 4.79 Å². The summed E-state index contributed by atoms with van der Waals surface area (Å²) in [5.41, 5.74) is 1.80. The van der Waals surface area contributed by atoms with Crippen LogP contribution in [0.5, 0.6) is 5.75 Å². The maximum absolute atomic E-state index is 12.8. The van der Waals surface area contributed by atoms with Crippen molar-refractivity contribution in [3.8, 4) is 5.75 Å². The molecule has 5 nitrogen and oxygen atoms in total. The molecule has 0 saturated carbocycles. The van der Waals surface area contributed by atoms with Crippen LogP contribution in [0.15, 0.2) is 53.0 Å². The van der Waals surface area contributed by atoms with E-state index in [0.717, 1.165) is 36.9 Å². The summed E-state index contributed by atoms with van der Waals surface area (Å²) < 4.78 is 6.63. The van der Waals surface area contributed by atoms with Crippen LogP contribution in [-0.4, -0.2) is 41.7 Å². The van der Waals surface area contributed by atoms with Crippen LogP contribution in [0.2, 0.25) is 0 Å². The summed E-state index contributed by atoms with van der Waals surface area (Å²) in [7, 11) is 0. The molecule has 2 N–H and O–H groups in total.